The summed E-state index contributed by atoms with van der Waals surface area (Å²) in [5.41, 5.74) is 0.141. The highest BCUT2D eigenvalue weighted by Crippen LogP contribution is 2.31. The lowest BCUT2D eigenvalue weighted by Crippen LogP contribution is -2.48. The minimum atomic E-state index is 0. The maximum absolute atomic E-state index is 9.38. The lowest BCUT2D eigenvalue weighted by atomic mass is 9.79. The fraction of sp³-hybridized carbons (Fsp3) is 0.944. The van der Waals surface area contributed by atoms with Crippen LogP contribution in [0.2, 0.25) is 0 Å². The van der Waals surface area contributed by atoms with Gasteiger partial charge in [-0.05, 0) is 49.9 Å². The van der Waals surface area contributed by atoms with E-state index in [9.17, 15) is 5.11 Å². The number of aliphatic hydroxyl groups is 1. The number of rotatable bonds is 7. The molecule has 2 unspecified atom stereocenters. The zero-order valence-electron chi connectivity index (χ0n) is 15.8. The summed E-state index contributed by atoms with van der Waals surface area (Å²) in [5.74, 6) is 2.52. The van der Waals surface area contributed by atoms with Crippen LogP contribution in [0.15, 0.2) is 4.99 Å². The molecule has 2 atom stereocenters. The molecule has 4 nitrogen and oxygen atoms in total. The Morgan fingerprint density at radius 3 is 2.17 bits per heavy atom. The summed E-state index contributed by atoms with van der Waals surface area (Å²) in [5, 5.41) is 12.8. The molecule has 0 spiro atoms. The van der Waals surface area contributed by atoms with Crippen LogP contribution in [0.25, 0.3) is 0 Å². The Morgan fingerprint density at radius 1 is 1.17 bits per heavy atom. The van der Waals surface area contributed by atoms with Crippen LogP contribution in [-0.4, -0.2) is 48.8 Å². The molecule has 0 aliphatic carbocycles. The summed E-state index contributed by atoms with van der Waals surface area (Å²) in [4.78, 5) is 7.39. The first-order valence-electron chi connectivity index (χ1n) is 9.14. The molecule has 0 radical (unpaired) electrons. The van der Waals surface area contributed by atoms with E-state index >= 15 is 0 Å². The van der Waals surface area contributed by atoms with Gasteiger partial charge in [0.15, 0.2) is 5.96 Å². The van der Waals surface area contributed by atoms with Crippen molar-refractivity contribution >= 4 is 29.9 Å². The average Bonchev–Trinajstić information content (AvgIpc) is 2.49. The molecule has 0 amide bonds. The molecule has 1 aliphatic heterocycles. The van der Waals surface area contributed by atoms with Crippen LogP contribution in [0.5, 0.6) is 0 Å². The molecule has 0 saturated carbocycles. The SMILES string of the molecule is CCNC(=NCC(CC)(CC)CCO)N1CC(C)CC(C)C1.I. The van der Waals surface area contributed by atoms with Crippen molar-refractivity contribution < 1.29 is 5.11 Å². The van der Waals surface area contributed by atoms with Gasteiger partial charge in [0, 0.05) is 32.8 Å². The molecule has 0 aromatic carbocycles. The van der Waals surface area contributed by atoms with Gasteiger partial charge in [-0.1, -0.05) is 27.7 Å². The number of guanidine groups is 1. The van der Waals surface area contributed by atoms with E-state index in [1.165, 1.54) is 6.42 Å². The van der Waals surface area contributed by atoms with Gasteiger partial charge in [0.1, 0.15) is 0 Å². The highest BCUT2D eigenvalue weighted by molar-refractivity contribution is 14.0. The minimum absolute atomic E-state index is 0. The highest BCUT2D eigenvalue weighted by Gasteiger charge is 2.27. The zero-order chi connectivity index (χ0) is 16.6. The van der Waals surface area contributed by atoms with Crippen LogP contribution < -0.4 is 5.32 Å². The Kier molecular flexibility index (Phi) is 11.5. The number of nitrogens with one attached hydrogen (secondary N) is 1. The molecule has 1 fully saturated rings. The molecule has 0 aromatic heterocycles. The van der Waals surface area contributed by atoms with Crippen LogP contribution in [-0.2, 0) is 0 Å². The molecule has 0 aromatic rings. The molecular weight excluding hydrogens is 401 g/mol. The first-order valence-corrected chi connectivity index (χ1v) is 9.14. The summed E-state index contributed by atoms with van der Waals surface area (Å²) in [6, 6.07) is 0. The standard InChI is InChI=1S/C18H37N3O.HI/c1-6-18(7-2,9-10-22)14-20-17(19-8-3)21-12-15(4)11-16(5)13-21;/h15-16,22H,6-14H2,1-5H3,(H,19,20);1H. The smallest absolute Gasteiger partial charge is 0.193 e. The van der Waals surface area contributed by atoms with E-state index in [0.717, 1.165) is 63.2 Å². The lowest BCUT2D eigenvalue weighted by molar-refractivity contribution is 0.173. The quantitative estimate of drug-likeness (QED) is 0.361. The van der Waals surface area contributed by atoms with Crippen LogP contribution in [0.1, 0.15) is 60.3 Å². The molecule has 0 bridgehead atoms. The molecule has 138 valence electrons. The van der Waals surface area contributed by atoms with Gasteiger partial charge in [0.25, 0.3) is 0 Å². The van der Waals surface area contributed by atoms with E-state index in [0.29, 0.717) is 0 Å². The largest absolute Gasteiger partial charge is 0.396 e. The topological polar surface area (TPSA) is 47.9 Å². The minimum Gasteiger partial charge on any atom is -0.396 e. The van der Waals surface area contributed by atoms with Gasteiger partial charge in [0.2, 0.25) is 0 Å². The molecule has 1 heterocycles. The maximum Gasteiger partial charge on any atom is 0.193 e. The van der Waals surface area contributed by atoms with Gasteiger partial charge in [0.05, 0.1) is 0 Å². The van der Waals surface area contributed by atoms with Crippen molar-refractivity contribution in [2.75, 3.05) is 32.8 Å². The van der Waals surface area contributed by atoms with Gasteiger partial charge in [-0.15, -0.1) is 24.0 Å². The normalized spacial score (nSPS) is 22.7. The number of piperidine rings is 1. The van der Waals surface area contributed by atoms with E-state index < -0.39 is 0 Å². The van der Waals surface area contributed by atoms with Gasteiger partial charge in [-0.25, -0.2) is 0 Å². The van der Waals surface area contributed by atoms with Gasteiger partial charge in [-0.3, -0.25) is 4.99 Å². The fourth-order valence-corrected chi connectivity index (χ4v) is 3.65. The van der Waals surface area contributed by atoms with E-state index in [1.54, 1.807) is 0 Å². The number of aliphatic imine (C=N–C) groups is 1. The Hall–Kier alpha value is -0.0400. The van der Waals surface area contributed by atoms with Gasteiger partial charge >= 0.3 is 0 Å². The molecule has 1 rings (SSSR count). The molecular formula is C18H38IN3O. The monoisotopic (exact) mass is 439 g/mol. The van der Waals surface area contributed by atoms with Crippen molar-refractivity contribution in [3.63, 3.8) is 0 Å². The third kappa shape index (κ3) is 7.16. The number of likely N-dealkylation sites (tertiary alicyclic amines) is 1. The molecule has 2 N–H and O–H groups in total. The molecule has 5 heteroatoms. The second-order valence-corrected chi connectivity index (χ2v) is 7.20. The predicted octanol–water partition coefficient (Wildman–Crippen LogP) is 3.74. The number of aliphatic hydroxyl groups excluding tert-OH is 1. The fourth-order valence-electron chi connectivity index (χ4n) is 3.65. The first kappa shape index (κ1) is 23.0. The van der Waals surface area contributed by atoms with E-state index in [2.05, 4.69) is 44.8 Å². The maximum atomic E-state index is 9.38. The summed E-state index contributed by atoms with van der Waals surface area (Å²) in [7, 11) is 0. The van der Waals surface area contributed by atoms with E-state index in [1.807, 2.05) is 0 Å². The second kappa shape index (κ2) is 11.5. The Labute approximate surface area is 160 Å². The zero-order valence-corrected chi connectivity index (χ0v) is 18.1. The summed E-state index contributed by atoms with van der Waals surface area (Å²) in [6.07, 6.45) is 4.30. The van der Waals surface area contributed by atoms with Crippen molar-refractivity contribution in [3.8, 4) is 0 Å². The van der Waals surface area contributed by atoms with E-state index in [4.69, 9.17) is 4.99 Å². The molecule has 23 heavy (non-hydrogen) atoms. The third-order valence-corrected chi connectivity index (χ3v) is 5.21. The van der Waals surface area contributed by atoms with Crippen molar-refractivity contribution in [2.24, 2.45) is 22.2 Å². The summed E-state index contributed by atoms with van der Waals surface area (Å²) in [6.45, 7) is 15.4. The number of hydrogen-bond acceptors (Lipinski definition) is 2. The van der Waals surface area contributed by atoms with Crippen molar-refractivity contribution in [3.05, 3.63) is 0 Å². The van der Waals surface area contributed by atoms with Gasteiger partial charge < -0.3 is 15.3 Å². The molecule has 1 aliphatic rings. The molecule has 1 saturated heterocycles. The Morgan fingerprint density at radius 2 is 1.74 bits per heavy atom. The van der Waals surface area contributed by atoms with Crippen LogP contribution in [0.3, 0.4) is 0 Å². The van der Waals surface area contributed by atoms with E-state index in [-0.39, 0.29) is 36.0 Å². The van der Waals surface area contributed by atoms with Crippen molar-refractivity contribution in [2.45, 2.75) is 60.3 Å². The Balaban J connectivity index is 0.00000484. The highest BCUT2D eigenvalue weighted by atomic mass is 127. The second-order valence-electron chi connectivity index (χ2n) is 7.20. The van der Waals surface area contributed by atoms with Crippen LogP contribution in [0.4, 0.5) is 0 Å². The van der Waals surface area contributed by atoms with Crippen molar-refractivity contribution in [1.82, 2.24) is 10.2 Å². The lowest BCUT2D eigenvalue weighted by Gasteiger charge is -2.38. The number of nitrogens with zero attached hydrogens (tertiary/aromatic N) is 2. The summed E-state index contributed by atoms with van der Waals surface area (Å²) < 4.78 is 0. The number of hydrogen-bond donors (Lipinski definition) is 2. The first-order chi connectivity index (χ1) is 10.5. The average molecular weight is 439 g/mol. The number of halogens is 1. The van der Waals surface area contributed by atoms with Crippen molar-refractivity contribution in [1.29, 1.82) is 0 Å². The van der Waals surface area contributed by atoms with Crippen LogP contribution in [0, 0.1) is 17.3 Å². The van der Waals surface area contributed by atoms with Gasteiger partial charge in [-0.2, -0.15) is 0 Å². The predicted molar refractivity (Wildman–Crippen MR) is 111 cm³/mol. The Bertz CT molecular complexity index is 335. The summed E-state index contributed by atoms with van der Waals surface area (Å²) >= 11 is 0. The third-order valence-electron chi connectivity index (χ3n) is 5.21. The van der Waals surface area contributed by atoms with Crippen LogP contribution >= 0.6 is 24.0 Å².